The number of hydrogen-bond acceptors (Lipinski definition) is 5. The molecule has 0 unspecified atom stereocenters. The Labute approximate surface area is 199 Å². The van der Waals surface area contributed by atoms with Gasteiger partial charge in [-0.3, -0.25) is 14.7 Å². The fraction of sp³-hybridized carbons (Fsp3) is 0.308. The van der Waals surface area contributed by atoms with Gasteiger partial charge in [-0.15, -0.1) is 0 Å². The molecule has 1 aliphatic heterocycles. The van der Waals surface area contributed by atoms with Crippen molar-refractivity contribution in [2.24, 2.45) is 0 Å². The minimum atomic E-state index is 0.0113. The highest BCUT2D eigenvalue weighted by Crippen LogP contribution is 2.30. The van der Waals surface area contributed by atoms with Crippen LogP contribution in [0, 0.1) is 0 Å². The minimum absolute atomic E-state index is 0.0113. The van der Waals surface area contributed by atoms with Crippen molar-refractivity contribution < 1.29 is 14.3 Å². The van der Waals surface area contributed by atoms with Gasteiger partial charge in [-0.05, 0) is 48.9 Å². The number of pyridine rings is 1. The molecule has 1 fully saturated rings. The van der Waals surface area contributed by atoms with E-state index in [1.165, 1.54) is 5.56 Å². The van der Waals surface area contributed by atoms with E-state index in [2.05, 4.69) is 16.0 Å². The number of benzene rings is 2. The second-order valence-corrected chi connectivity index (χ2v) is 8.38. The van der Waals surface area contributed by atoms with Gasteiger partial charge >= 0.3 is 0 Å². The van der Waals surface area contributed by atoms with Crippen molar-refractivity contribution in [2.45, 2.75) is 20.1 Å². The maximum atomic E-state index is 13.1. The van der Waals surface area contributed by atoms with Crippen molar-refractivity contribution in [3.63, 3.8) is 0 Å². The number of carbonyl (C=O) groups is 1. The second-order valence-electron chi connectivity index (χ2n) is 7.94. The summed E-state index contributed by atoms with van der Waals surface area (Å²) in [4.78, 5) is 21.5. The highest BCUT2D eigenvalue weighted by molar-refractivity contribution is 6.30. The van der Waals surface area contributed by atoms with E-state index in [0.717, 1.165) is 30.2 Å². The Morgan fingerprint density at radius 2 is 1.79 bits per heavy atom. The van der Waals surface area contributed by atoms with Gasteiger partial charge in [0.15, 0.2) is 11.5 Å². The first-order valence-corrected chi connectivity index (χ1v) is 11.5. The molecule has 33 heavy (non-hydrogen) atoms. The van der Waals surface area contributed by atoms with Gasteiger partial charge < -0.3 is 14.4 Å². The lowest BCUT2D eigenvalue weighted by Gasteiger charge is -2.35. The Kier molecular flexibility index (Phi) is 7.81. The van der Waals surface area contributed by atoms with Crippen LogP contribution in [-0.4, -0.2) is 53.5 Å². The predicted octanol–water partition coefficient (Wildman–Crippen LogP) is 4.67. The number of halogens is 1. The van der Waals surface area contributed by atoms with Gasteiger partial charge in [0.25, 0.3) is 5.91 Å². The molecule has 7 heteroatoms. The number of nitrogens with zero attached hydrogens (tertiary/aromatic N) is 3. The summed E-state index contributed by atoms with van der Waals surface area (Å²) >= 11 is 6.10. The van der Waals surface area contributed by atoms with Gasteiger partial charge in [0.1, 0.15) is 6.61 Å². The lowest BCUT2D eigenvalue weighted by molar-refractivity contribution is 0.0628. The number of ether oxygens (including phenoxy) is 2. The molecule has 1 amide bonds. The van der Waals surface area contributed by atoms with E-state index in [9.17, 15) is 4.79 Å². The zero-order valence-corrected chi connectivity index (χ0v) is 19.5. The molecule has 0 bridgehead atoms. The molecule has 4 rings (SSSR count). The third-order valence-corrected chi connectivity index (χ3v) is 5.80. The number of hydrogen-bond donors (Lipinski definition) is 0. The van der Waals surface area contributed by atoms with Crippen LogP contribution in [0.15, 0.2) is 67.0 Å². The summed E-state index contributed by atoms with van der Waals surface area (Å²) in [5, 5.41) is 0.749. The van der Waals surface area contributed by atoms with E-state index < -0.39 is 0 Å². The van der Waals surface area contributed by atoms with Crippen LogP contribution in [0.3, 0.4) is 0 Å². The largest absolute Gasteiger partial charge is 0.490 e. The lowest BCUT2D eigenvalue weighted by atomic mass is 10.1. The molecule has 0 aliphatic carbocycles. The summed E-state index contributed by atoms with van der Waals surface area (Å²) in [7, 11) is 0. The van der Waals surface area contributed by atoms with Gasteiger partial charge in [0.2, 0.25) is 0 Å². The van der Waals surface area contributed by atoms with Crippen molar-refractivity contribution in [3.8, 4) is 11.5 Å². The van der Waals surface area contributed by atoms with E-state index in [-0.39, 0.29) is 5.91 Å². The van der Waals surface area contributed by atoms with E-state index in [1.54, 1.807) is 18.5 Å². The highest BCUT2D eigenvalue weighted by atomic mass is 35.5. The van der Waals surface area contributed by atoms with Crippen LogP contribution in [0.1, 0.15) is 28.4 Å². The van der Waals surface area contributed by atoms with E-state index in [1.807, 2.05) is 54.3 Å². The first kappa shape index (κ1) is 23.1. The lowest BCUT2D eigenvalue weighted by Crippen LogP contribution is -2.48. The van der Waals surface area contributed by atoms with Crippen LogP contribution in [-0.2, 0) is 13.2 Å². The monoisotopic (exact) mass is 465 g/mol. The average Bonchev–Trinajstić information content (AvgIpc) is 2.84. The average molecular weight is 466 g/mol. The van der Waals surface area contributed by atoms with Gasteiger partial charge in [0.05, 0.1) is 6.61 Å². The fourth-order valence-electron chi connectivity index (χ4n) is 3.86. The number of amides is 1. The molecule has 3 aromatic rings. The Bertz CT molecular complexity index is 1070. The highest BCUT2D eigenvalue weighted by Gasteiger charge is 2.23. The fourth-order valence-corrected chi connectivity index (χ4v) is 4.07. The molecule has 2 aromatic carbocycles. The standard InChI is InChI=1S/C26H28ClN3O3/c1-2-32-25-16-22(8-9-24(25)33-19-21-6-4-10-28-17-21)26(31)30-13-11-29(12-14-30)18-20-5-3-7-23(27)15-20/h3-10,15-17H,2,11-14,18-19H2,1H3. The van der Waals surface area contributed by atoms with Crippen molar-refractivity contribution in [2.75, 3.05) is 32.8 Å². The normalized spacial score (nSPS) is 14.2. The third kappa shape index (κ3) is 6.24. The zero-order valence-electron chi connectivity index (χ0n) is 18.7. The topological polar surface area (TPSA) is 54.9 Å². The summed E-state index contributed by atoms with van der Waals surface area (Å²) in [6, 6.07) is 17.2. The number of aromatic nitrogens is 1. The molecule has 1 aromatic heterocycles. The molecule has 2 heterocycles. The van der Waals surface area contributed by atoms with E-state index in [0.29, 0.717) is 43.4 Å². The predicted molar refractivity (Wildman–Crippen MR) is 129 cm³/mol. The molecule has 1 saturated heterocycles. The Balaban J connectivity index is 1.37. The molecular formula is C26H28ClN3O3. The van der Waals surface area contributed by atoms with E-state index in [4.69, 9.17) is 21.1 Å². The third-order valence-electron chi connectivity index (χ3n) is 5.56. The van der Waals surface area contributed by atoms with Crippen LogP contribution in [0.4, 0.5) is 0 Å². The van der Waals surface area contributed by atoms with Gasteiger partial charge in [0, 0.05) is 61.3 Å². The van der Waals surface area contributed by atoms with Gasteiger partial charge in [-0.25, -0.2) is 0 Å². The zero-order chi connectivity index (χ0) is 23.0. The van der Waals surface area contributed by atoms with Crippen molar-refractivity contribution >= 4 is 17.5 Å². The van der Waals surface area contributed by atoms with Gasteiger partial charge in [-0.2, -0.15) is 0 Å². The summed E-state index contributed by atoms with van der Waals surface area (Å²) < 4.78 is 11.7. The SMILES string of the molecule is CCOc1cc(C(=O)N2CCN(Cc3cccc(Cl)c3)CC2)ccc1OCc1cccnc1. The van der Waals surface area contributed by atoms with Crippen LogP contribution >= 0.6 is 11.6 Å². The van der Waals surface area contributed by atoms with Crippen LogP contribution in [0.2, 0.25) is 5.02 Å². The van der Waals surface area contributed by atoms with Gasteiger partial charge in [-0.1, -0.05) is 29.8 Å². The summed E-state index contributed by atoms with van der Waals surface area (Å²) in [5.74, 6) is 1.20. The van der Waals surface area contributed by atoms with Crippen LogP contribution < -0.4 is 9.47 Å². The molecule has 0 N–H and O–H groups in total. The minimum Gasteiger partial charge on any atom is -0.490 e. The van der Waals surface area contributed by atoms with Crippen molar-refractivity contribution in [1.29, 1.82) is 0 Å². The number of carbonyl (C=O) groups excluding carboxylic acids is 1. The van der Waals surface area contributed by atoms with Crippen LogP contribution in [0.25, 0.3) is 0 Å². The molecule has 1 aliphatic rings. The first-order chi connectivity index (χ1) is 16.1. The molecule has 6 nitrogen and oxygen atoms in total. The maximum absolute atomic E-state index is 13.1. The summed E-state index contributed by atoms with van der Waals surface area (Å²) in [6.45, 7) is 6.63. The van der Waals surface area contributed by atoms with Crippen LogP contribution in [0.5, 0.6) is 11.5 Å². The molecule has 0 radical (unpaired) electrons. The Morgan fingerprint density at radius 1 is 0.970 bits per heavy atom. The first-order valence-electron chi connectivity index (χ1n) is 11.2. The molecular weight excluding hydrogens is 438 g/mol. The quantitative estimate of drug-likeness (QED) is 0.484. The summed E-state index contributed by atoms with van der Waals surface area (Å²) in [6.07, 6.45) is 3.50. The number of rotatable bonds is 8. The molecule has 0 atom stereocenters. The number of piperazine rings is 1. The van der Waals surface area contributed by atoms with Crippen molar-refractivity contribution in [1.82, 2.24) is 14.8 Å². The Morgan fingerprint density at radius 3 is 2.52 bits per heavy atom. The second kappa shape index (κ2) is 11.2. The molecule has 0 saturated carbocycles. The Hall–Kier alpha value is -3.09. The van der Waals surface area contributed by atoms with E-state index >= 15 is 0 Å². The van der Waals surface area contributed by atoms with Crippen molar-refractivity contribution in [3.05, 3.63) is 88.7 Å². The maximum Gasteiger partial charge on any atom is 0.254 e. The molecule has 172 valence electrons. The molecule has 0 spiro atoms. The summed E-state index contributed by atoms with van der Waals surface area (Å²) in [5.41, 5.74) is 2.76. The smallest absolute Gasteiger partial charge is 0.254 e.